The Bertz CT molecular complexity index is 709. The Kier molecular flexibility index (Phi) is 5.14. The summed E-state index contributed by atoms with van der Waals surface area (Å²) in [5, 5.41) is 0. The summed E-state index contributed by atoms with van der Waals surface area (Å²) in [6.45, 7) is -0.174. The van der Waals surface area contributed by atoms with E-state index in [2.05, 4.69) is 15.9 Å². The molecule has 0 spiro atoms. The maximum Gasteiger partial charge on any atom is 0.338 e. The first kappa shape index (κ1) is 15.7. The second-order valence-corrected chi connectivity index (χ2v) is 7.30. The van der Waals surface area contributed by atoms with Gasteiger partial charge < -0.3 is 4.74 Å². The summed E-state index contributed by atoms with van der Waals surface area (Å²) in [4.78, 5) is 11.9. The average molecular weight is 369 g/mol. The smallest absolute Gasteiger partial charge is 0.338 e. The number of esters is 1. The summed E-state index contributed by atoms with van der Waals surface area (Å²) in [7, 11) is -3.45. The molecular weight excluding hydrogens is 356 g/mol. The number of halogens is 1. The molecule has 0 aliphatic carbocycles. The highest BCUT2D eigenvalue weighted by Crippen LogP contribution is 2.16. The van der Waals surface area contributed by atoms with Gasteiger partial charge in [0.25, 0.3) is 0 Å². The van der Waals surface area contributed by atoms with Crippen LogP contribution < -0.4 is 0 Å². The SMILES string of the molecule is O=C(OCCS(=O)(=O)c1ccc(Br)cc1)c1ccccc1. The van der Waals surface area contributed by atoms with Gasteiger partial charge in [0.2, 0.25) is 0 Å². The molecule has 0 aliphatic heterocycles. The van der Waals surface area contributed by atoms with E-state index in [-0.39, 0.29) is 17.3 Å². The first-order chi connectivity index (χ1) is 9.99. The van der Waals surface area contributed by atoms with Crippen LogP contribution in [-0.2, 0) is 14.6 Å². The van der Waals surface area contributed by atoms with Gasteiger partial charge in [-0.3, -0.25) is 0 Å². The summed E-state index contributed by atoms with van der Waals surface area (Å²) < 4.78 is 29.9. The fourth-order valence-corrected chi connectivity index (χ4v) is 3.01. The van der Waals surface area contributed by atoms with Crippen LogP contribution >= 0.6 is 15.9 Å². The number of sulfone groups is 1. The molecule has 0 saturated carbocycles. The fraction of sp³-hybridized carbons (Fsp3) is 0.133. The normalized spacial score (nSPS) is 11.1. The lowest BCUT2D eigenvalue weighted by molar-refractivity contribution is 0.0529. The highest BCUT2D eigenvalue weighted by atomic mass is 79.9. The minimum absolute atomic E-state index is 0.174. The molecule has 0 heterocycles. The molecule has 6 heteroatoms. The van der Waals surface area contributed by atoms with Crippen LogP contribution in [0.2, 0.25) is 0 Å². The minimum atomic E-state index is -3.45. The summed E-state index contributed by atoms with van der Waals surface area (Å²) in [6.07, 6.45) is 0. The van der Waals surface area contributed by atoms with Crippen molar-refractivity contribution in [3.8, 4) is 0 Å². The van der Waals surface area contributed by atoms with Gasteiger partial charge in [0.1, 0.15) is 6.61 Å². The van der Waals surface area contributed by atoms with Crippen molar-refractivity contribution in [2.24, 2.45) is 0 Å². The molecule has 0 aromatic heterocycles. The first-order valence-electron chi connectivity index (χ1n) is 6.19. The third-order valence-electron chi connectivity index (χ3n) is 2.77. The quantitative estimate of drug-likeness (QED) is 0.760. The van der Waals surface area contributed by atoms with Gasteiger partial charge >= 0.3 is 5.97 Å². The Morgan fingerprint density at radius 3 is 2.24 bits per heavy atom. The minimum Gasteiger partial charge on any atom is -0.461 e. The summed E-state index contributed by atoms with van der Waals surface area (Å²) in [5.41, 5.74) is 0.401. The van der Waals surface area contributed by atoms with Crippen molar-refractivity contribution in [3.63, 3.8) is 0 Å². The second kappa shape index (κ2) is 6.87. The van der Waals surface area contributed by atoms with Crippen LogP contribution in [0.5, 0.6) is 0 Å². The van der Waals surface area contributed by atoms with Crippen LogP contribution in [0.3, 0.4) is 0 Å². The van der Waals surface area contributed by atoms with Gasteiger partial charge in [-0.1, -0.05) is 34.1 Å². The van der Waals surface area contributed by atoms with Gasteiger partial charge in [-0.15, -0.1) is 0 Å². The van der Waals surface area contributed by atoms with Crippen LogP contribution in [0, 0.1) is 0 Å². The standard InChI is InChI=1S/C15H13BrO4S/c16-13-6-8-14(9-7-13)21(18,19)11-10-20-15(17)12-4-2-1-3-5-12/h1-9H,10-11H2. The second-order valence-electron chi connectivity index (χ2n) is 4.27. The zero-order valence-corrected chi connectivity index (χ0v) is 13.4. The van der Waals surface area contributed by atoms with E-state index in [1.165, 1.54) is 12.1 Å². The molecule has 0 fully saturated rings. The summed E-state index contributed by atoms with van der Waals surface area (Å²) >= 11 is 3.25. The third kappa shape index (κ3) is 4.41. The third-order valence-corrected chi connectivity index (χ3v) is 4.99. The molecule has 2 aromatic rings. The number of ether oxygens (including phenoxy) is 1. The molecule has 0 atom stereocenters. The van der Waals surface area contributed by atoms with Crippen LogP contribution in [0.25, 0.3) is 0 Å². The van der Waals surface area contributed by atoms with Crippen molar-refractivity contribution in [2.45, 2.75) is 4.90 Å². The van der Waals surface area contributed by atoms with Crippen LogP contribution in [-0.4, -0.2) is 26.7 Å². The van der Waals surface area contributed by atoms with Crippen LogP contribution in [0.1, 0.15) is 10.4 Å². The topological polar surface area (TPSA) is 60.4 Å². The molecule has 0 unspecified atom stereocenters. The maximum absolute atomic E-state index is 12.1. The molecule has 0 bridgehead atoms. The highest BCUT2D eigenvalue weighted by molar-refractivity contribution is 9.10. The van der Waals surface area contributed by atoms with Gasteiger partial charge in [-0.2, -0.15) is 0 Å². The first-order valence-corrected chi connectivity index (χ1v) is 8.64. The molecular formula is C15H13BrO4S. The monoisotopic (exact) mass is 368 g/mol. The molecule has 2 rings (SSSR count). The number of carbonyl (C=O) groups excluding carboxylic acids is 1. The van der Waals surface area contributed by atoms with Gasteiger partial charge in [-0.05, 0) is 36.4 Å². The van der Waals surface area contributed by atoms with Crippen LogP contribution in [0.15, 0.2) is 64.0 Å². The molecule has 0 aliphatic rings. The summed E-state index contributed by atoms with van der Waals surface area (Å²) in [6, 6.07) is 14.8. The van der Waals surface area contributed by atoms with Gasteiger partial charge in [0.05, 0.1) is 16.2 Å². The van der Waals surface area contributed by atoms with E-state index in [1.807, 2.05) is 0 Å². The Balaban J connectivity index is 1.94. The van der Waals surface area contributed by atoms with Crippen molar-refractivity contribution in [1.82, 2.24) is 0 Å². The van der Waals surface area contributed by atoms with E-state index >= 15 is 0 Å². The van der Waals surface area contributed by atoms with Crippen molar-refractivity contribution in [2.75, 3.05) is 12.4 Å². The molecule has 0 saturated heterocycles. The molecule has 4 nitrogen and oxygen atoms in total. The molecule has 21 heavy (non-hydrogen) atoms. The van der Waals surface area contributed by atoms with Crippen molar-refractivity contribution < 1.29 is 17.9 Å². The molecule has 0 radical (unpaired) electrons. The van der Waals surface area contributed by atoms with E-state index in [1.54, 1.807) is 42.5 Å². The molecule has 110 valence electrons. The Labute approximate surface area is 131 Å². The predicted octanol–water partition coefficient (Wildman–Crippen LogP) is 3.08. The Hall–Kier alpha value is -1.66. The van der Waals surface area contributed by atoms with Crippen molar-refractivity contribution in [1.29, 1.82) is 0 Å². The Morgan fingerprint density at radius 2 is 1.62 bits per heavy atom. The van der Waals surface area contributed by atoms with Gasteiger partial charge in [0, 0.05) is 4.47 Å². The summed E-state index contributed by atoms with van der Waals surface area (Å²) in [5.74, 6) is -0.769. The molecule has 0 amide bonds. The molecule has 0 N–H and O–H groups in total. The molecule has 2 aromatic carbocycles. The largest absolute Gasteiger partial charge is 0.461 e. The number of hydrogen-bond donors (Lipinski definition) is 0. The fourth-order valence-electron chi connectivity index (χ4n) is 1.66. The Morgan fingerprint density at radius 1 is 1.00 bits per heavy atom. The van der Waals surface area contributed by atoms with E-state index in [0.29, 0.717) is 5.56 Å². The lowest BCUT2D eigenvalue weighted by Crippen LogP contribution is -2.15. The highest BCUT2D eigenvalue weighted by Gasteiger charge is 2.15. The van der Waals surface area contributed by atoms with Crippen molar-refractivity contribution in [3.05, 3.63) is 64.6 Å². The predicted molar refractivity (Wildman–Crippen MR) is 82.9 cm³/mol. The lowest BCUT2D eigenvalue weighted by Gasteiger charge is -2.06. The van der Waals surface area contributed by atoms with Crippen molar-refractivity contribution >= 4 is 31.7 Å². The van der Waals surface area contributed by atoms with E-state index in [4.69, 9.17) is 4.74 Å². The number of benzene rings is 2. The van der Waals surface area contributed by atoms with E-state index in [9.17, 15) is 13.2 Å². The zero-order valence-electron chi connectivity index (χ0n) is 11.0. The maximum atomic E-state index is 12.1. The zero-order chi connectivity index (χ0) is 15.3. The number of carbonyl (C=O) groups is 1. The van der Waals surface area contributed by atoms with Gasteiger partial charge in [-0.25, -0.2) is 13.2 Å². The van der Waals surface area contributed by atoms with Gasteiger partial charge in [0.15, 0.2) is 9.84 Å². The number of hydrogen-bond acceptors (Lipinski definition) is 4. The van der Waals surface area contributed by atoms with E-state index < -0.39 is 15.8 Å². The lowest BCUT2D eigenvalue weighted by atomic mass is 10.2. The van der Waals surface area contributed by atoms with E-state index in [0.717, 1.165) is 4.47 Å². The van der Waals surface area contributed by atoms with Crippen LogP contribution in [0.4, 0.5) is 0 Å². The number of rotatable bonds is 5. The average Bonchev–Trinajstić information content (AvgIpc) is 2.48.